The summed E-state index contributed by atoms with van der Waals surface area (Å²) in [6.07, 6.45) is 5.03. The van der Waals surface area contributed by atoms with E-state index in [4.69, 9.17) is 10.5 Å². The Morgan fingerprint density at radius 2 is 1.95 bits per heavy atom. The predicted octanol–water partition coefficient (Wildman–Crippen LogP) is 5.08. The minimum Gasteiger partial charge on any atom is -0.462 e. The normalized spacial score (nSPS) is 17.0. The van der Waals surface area contributed by atoms with Gasteiger partial charge < -0.3 is 21.1 Å². The van der Waals surface area contributed by atoms with Crippen LogP contribution in [0.4, 0.5) is 17.5 Å². The molecule has 0 spiro atoms. The van der Waals surface area contributed by atoms with E-state index >= 15 is 0 Å². The molecule has 4 rings (SSSR count). The summed E-state index contributed by atoms with van der Waals surface area (Å²) < 4.78 is 5.14. The molecule has 1 saturated carbocycles. The SMILES string of the molecule is CCOC(=O)c1cccc(-c2cccc(CNc3ncc([N+](=O)[O-])c(NC4CCC(CN)CC4)n3)c2C)c1. The number of nitrogens with two attached hydrogens (primary N) is 1. The van der Waals surface area contributed by atoms with Crippen molar-refractivity contribution in [1.29, 1.82) is 0 Å². The van der Waals surface area contributed by atoms with E-state index in [0.29, 0.717) is 37.1 Å². The Kier molecular flexibility index (Phi) is 8.85. The molecule has 0 radical (unpaired) electrons. The second-order valence-corrected chi connectivity index (χ2v) is 9.53. The Balaban J connectivity index is 1.50. The molecule has 1 fully saturated rings. The number of rotatable bonds is 10. The van der Waals surface area contributed by atoms with Gasteiger partial charge in [0.2, 0.25) is 11.8 Å². The lowest BCUT2D eigenvalue weighted by Crippen LogP contribution is -2.29. The lowest BCUT2D eigenvalue weighted by atomic mass is 9.86. The summed E-state index contributed by atoms with van der Waals surface area (Å²) in [5.74, 6) is 0.696. The molecular weight excluding hydrogens is 484 g/mol. The predicted molar refractivity (Wildman–Crippen MR) is 147 cm³/mol. The molecule has 0 bridgehead atoms. The fourth-order valence-corrected chi connectivity index (χ4v) is 4.83. The van der Waals surface area contributed by atoms with E-state index in [1.807, 2.05) is 43.3 Å². The number of hydrogen-bond donors (Lipinski definition) is 3. The van der Waals surface area contributed by atoms with Crippen LogP contribution in [0, 0.1) is 23.0 Å². The highest BCUT2D eigenvalue weighted by Gasteiger charge is 2.24. The molecular formula is C28H34N6O4. The Hall–Kier alpha value is -4.05. The molecule has 1 aromatic heterocycles. The van der Waals surface area contributed by atoms with Crippen molar-refractivity contribution in [1.82, 2.24) is 9.97 Å². The summed E-state index contributed by atoms with van der Waals surface area (Å²) in [5, 5.41) is 18.1. The minimum absolute atomic E-state index is 0.114. The fraction of sp³-hybridized carbons (Fsp3) is 0.393. The van der Waals surface area contributed by atoms with Crippen LogP contribution in [-0.2, 0) is 11.3 Å². The Labute approximate surface area is 222 Å². The van der Waals surface area contributed by atoms with E-state index in [9.17, 15) is 14.9 Å². The summed E-state index contributed by atoms with van der Waals surface area (Å²) in [5.41, 5.74) is 10.1. The number of anilines is 2. The molecule has 0 atom stereocenters. The third-order valence-corrected chi connectivity index (χ3v) is 7.05. The first-order valence-electron chi connectivity index (χ1n) is 13.0. The number of nitrogens with one attached hydrogen (secondary N) is 2. The average Bonchev–Trinajstić information content (AvgIpc) is 2.93. The zero-order valence-electron chi connectivity index (χ0n) is 21.8. The van der Waals surface area contributed by atoms with E-state index in [2.05, 4.69) is 20.6 Å². The maximum absolute atomic E-state index is 12.2. The largest absolute Gasteiger partial charge is 0.462 e. The first kappa shape index (κ1) is 27.0. The van der Waals surface area contributed by atoms with Gasteiger partial charge in [0.25, 0.3) is 0 Å². The maximum atomic E-state index is 12.2. The summed E-state index contributed by atoms with van der Waals surface area (Å²) >= 11 is 0. The van der Waals surface area contributed by atoms with Crippen molar-refractivity contribution < 1.29 is 14.5 Å². The van der Waals surface area contributed by atoms with Gasteiger partial charge in [-0.3, -0.25) is 10.1 Å². The van der Waals surface area contributed by atoms with Gasteiger partial charge in [0.05, 0.1) is 17.1 Å². The van der Waals surface area contributed by atoms with Crippen LogP contribution in [0.1, 0.15) is 54.1 Å². The van der Waals surface area contributed by atoms with E-state index in [1.54, 1.807) is 13.0 Å². The van der Waals surface area contributed by atoms with Crippen LogP contribution in [-0.4, -0.2) is 40.1 Å². The molecule has 10 nitrogen and oxygen atoms in total. The van der Waals surface area contributed by atoms with Crippen molar-refractivity contribution in [2.24, 2.45) is 11.7 Å². The summed E-state index contributed by atoms with van der Waals surface area (Å²) in [6, 6.07) is 13.4. The average molecular weight is 519 g/mol. The van der Waals surface area contributed by atoms with Crippen molar-refractivity contribution in [3.63, 3.8) is 0 Å². The fourth-order valence-electron chi connectivity index (χ4n) is 4.83. The molecule has 0 amide bonds. The molecule has 0 aliphatic heterocycles. The molecule has 0 unspecified atom stereocenters. The molecule has 38 heavy (non-hydrogen) atoms. The second kappa shape index (κ2) is 12.5. The van der Waals surface area contributed by atoms with Gasteiger partial charge in [-0.2, -0.15) is 4.98 Å². The van der Waals surface area contributed by atoms with Crippen LogP contribution in [0.3, 0.4) is 0 Å². The van der Waals surface area contributed by atoms with Gasteiger partial charge >= 0.3 is 11.7 Å². The molecule has 200 valence electrons. The number of aromatic nitrogens is 2. The summed E-state index contributed by atoms with van der Waals surface area (Å²) in [4.78, 5) is 31.9. The standard InChI is InChI=1S/C28H34N6O4/c1-3-38-27(35)21-7-4-6-20(14-21)24-9-5-8-22(18(24)2)16-30-28-31-17-25(34(36)37)26(33-28)32-23-12-10-19(15-29)11-13-23/h4-9,14,17,19,23H,3,10-13,15-16,29H2,1-2H3,(H2,30,31,32,33). The van der Waals surface area contributed by atoms with Crippen LogP contribution in [0.2, 0.25) is 0 Å². The number of nitrogens with zero attached hydrogens (tertiary/aromatic N) is 3. The van der Waals surface area contributed by atoms with Gasteiger partial charge in [-0.15, -0.1) is 0 Å². The first-order chi connectivity index (χ1) is 18.4. The van der Waals surface area contributed by atoms with Gasteiger partial charge in [-0.05, 0) is 86.4 Å². The molecule has 10 heteroatoms. The van der Waals surface area contributed by atoms with E-state index in [-0.39, 0.29) is 23.5 Å². The monoisotopic (exact) mass is 518 g/mol. The van der Waals surface area contributed by atoms with Crippen LogP contribution in [0.25, 0.3) is 11.1 Å². The van der Waals surface area contributed by atoms with E-state index < -0.39 is 4.92 Å². The highest BCUT2D eigenvalue weighted by Crippen LogP contribution is 2.30. The highest BCUT2D eigenvalue weighted by atomic mass is 16.6. The lowest BCUT2D eigenvalue weighted by Gasteiger charge is -2.28. The Bertz CT molecular complexity index is 1290. The van der Waals surface area contributed by atoms with Gasteiger partial charge in [0, 0.05) is 12.6 Å². The van der Waals surface area contributed by atoms with E-state index in [1.165, 1.54) is 6.20 Å². The highest BCUT2D eigenvalue weighted by molar-refractivity contribution is 5.91. The molecule has 1 heterocycles. The van der Waals surface area contributed by atoms with Crippen molar-refractivity contribution in [2.75, 3.05) is 23.8 Å². The van der Waals surface area contributed by atoms with Gasteiger partial charge in [-0.25, -0.2) is 9.78 Å². The third kappa shape index (κ3) is 6.44. The number of hydrogen-bond acceptors (Lipinski definition) is 9. The Morgan fingerprint density at radius 1 is 1.18 bits per heavy atom. The number of benzene rings is 2. The lowest BCUT2D eigenvalue weighted by molar-refractivity contribution is -0.384. The van der Waals surface area contributed by atoms with Gasteiger partial charge in [-0.1, -0.05) is 30.3 Å². The molecule has 1 aliphatic rings. The zero-order chi connectivity index (χ0) is 27.1. The number of carbonyl (C=O) groups excluding carboxylic acids is 1. The van der Waals surface area contributed by atoms with Gasteiger partial charge in [0.15, 0.2) is 0 Å². The molecule has 3 aromatic rings. The zero-order valence-corrected chi connectivity index (χ0v) is 21.8. The Morgan fingerprint density at radius 3 is 2.66 bits per heavy atom. The van der Waals surface area contributed by atoms with Crippen molar-refractivity contribution in [3.05, 3.63) is 75.5 Å². The third-order valence-electron chi connectivity index (χ3n) is 7.05. The van der Waals surface area contributed by atoms with Crippen molar-refractivity contribution in [2.45, 2.75) is 52.1 Å². The molecule has 1 aliphatic carbocycles. The smallest absolute Gasteiger partial charge is 0.338 e. The number of ether oxygens (including phenoxy) is 1. The van der Waals surface area contributed by atoms with Crippen molar-refractivity contribution >= 4 is 23.4 Å². The summed E-state index contributed by atoms with van der Waals surface area (Å²) in [6.45, 7) is 5.22. The first-order valence-corrected chi connectivity index (χ1v) is 13.0. The van der Waals surface area contributed by atoms with Crippen LogP contribution < -0.4 is 16.4 Å². The molecule has 4 N–H and O–H groups in total. The topological polar surface area (TPSA) is 145 Å². The minimum atomic E-state index is -0.463. The van der Waals surface area contributed by atoms with Crippen LogP contribution in [0.15, 0.2) is 48.7 Å². The second-order valence-electron chi connectivity index (χ2n) is 9.53. The number of esters is 1. The van der Waals surface area contributed by atoms with Crippen molar-refractivity contribution in [3.8, 4) is 11.1 Å². The number of carbonyl (C=O) groups is 1. The van der Waals surface area contributed by atoms with Crippen LogP contribution in [0.5, 0.6) is 0 Å². The maximum Gasteiger partial charge on any atom is 0.338 e. The van der Waals surface area contributed by atoms with Gasteiger partial charge in [0.1, 0.15) is 6.20 Å². The quantitative estimate of drug-likeness (QED) is 0.190. The number of nitro groups is 1. The summed E-state index contributed by atoms with van der Waals surface area (Å²) in [7, 11) is 0. The van der Waals surface area contributed by atoms with Crippen LogP contribution >= 0.6 is 0 Å². The van der Waals surface area contributed by atoms with E-state index in [0.717, 1.165) is 47.9 Å². The molecule has 2 aromatic carbocycles. The molecule has 0 saturated heterocycles.